The molecule has 1 aliphatic heterocycles. The minimum Gasteiger partial charge on any atom is -0.327 e. The van der Waals surface area contributed by atoms with E-state index in [1.807, 2.05) is 29.1 Å². The summed E-state index contributed by atoms with van der Waals surface area (Å²) in [5, 5.41) is 10.9. The standard InChI is InChI=1S/C14H13N5S.CH4/c1-8-3-5-10(6-4-8)11-16-14-17-12(19(14)18-11)13-15-9(2)7-20-13;/h3-7,12H,1-2H3,(H,16,17,18);1H4. The van der Waals surface area contributed by atoms with Crippen LogP contribution in [0.4, 0.5) is 5.95 Å². The van der Waals surface area contributed by atoms with Gasteiger partial charge in [0.15, 0.2) is 12.0 Å². The van der Waals surface area contributed by atoms with E-state index in [1.165, 1.54) is 5.56 Å². The van der Waals surface area contributed by atoms with Crippen molar-refractivity contribution in [2.24, 2.45) is 0 Å². The van der Waals surface area contributed by atoms with E-state index in [-0.39, 0.29) is 13.6 Å². The van der Waals surface area contributed by atoms with Gasteiger partial charge in [0.25, 0.3) is 0 Å². The molecule has 0 amide bonds. The van der Waals surface area contributed by atoms with E-state index in [4.69, 9.17) is 0 Å². The van der Waals surface area contributed by atoms with Gasteiger partial charge in [0.2, 0.25) is 5.95 Å². The zero-order valence-electron chi connectivity index (χ0n) is 11.2. The van der Waals surface area contributed by atoms with E-state index in [0.717, 1.165) is 28.0 Å². The van der Waals surface area contributed by atoms with Crippen molar-refractivity contribution in [2.75, 3.05) is 5.32 Å². The lowest BCUT2D eigenvalue weighted by Crippen LogP contribution is -2.32. The molecule has 1 unspecified atom stereocenters. The van der Waals surface area contributed by atoms with Crippen molar-refractivity contribution >= 4 is 17.3 Å². The van der Waals surface area contributed by atoms with Crippen molar-refractivity contribution in [1.82, 2.24) is 19.7 Å². The summed E-state index contributed by atoms with van der Waals surface area (Å²) in [7, 11) is 0. The fourth-order valence-corrected chi connectivity index (χ4v) is 3.04. The summed E-state index contributed by atoms with van der Waals surface area (Å²) in [6.07, 6.45) is 0.0235. The molecule has 0 spiro atoms. The third-order valence-electron chi connectivity index (χ3n) is 3.32. The van der Waals surface area contributed by atoms with Crippen molar-refractivity contribution in [2.45, 2.75) is 27.4 Å². The fourth-order valence-electron chi connectivity index (χ4n) is 2.21. The van der Waals surface area contributed by atoms with Gasteiger partial charge in [0.05, 0.1) is 0 Å². The number of hydrogen-bond donors (Lipinski definition) is 1. The predicted molar refractivity (Wildman–Crippen MR) is 85.5 cm³/mol. The smallest absolute Gasteiger partial charge is 0.226 e. The third-order valence-corrected chi connectivity index (χ3v) is 4.34. The van der Waals surface area contributed by atoms with E-state index >= 15 is 0 Å². The summed E-state index contributed by atoms with van der Waals surface area (Å²) < 4.78 is 1.90. The molecule has 108 valence electrons. The number of rotatable bonds is 2. The number of fused-ring (bicyclic) bond motifs is 1. The number of aromatic nitrogens is 4. The summed E-state index contributed by atoms with van der Waals surface area (Å²) in [6.45, 7) is 4.07. The Kier molecular flexibility index (Phi) is 3.25. The van der Waals surface area contributed by atoms with Crippen molar-refractivity contribution in [3.8, 4) is 11.4 Å². The Morgan fingerprint density at radius 3 is 2.57 bits per heavy atom. The molecule has 3 heterocycles. The molecular formula is C15H17N5S. The first-order valence-corrected chi connectivity index (χ1v) is 7.31. The maximum absolute atomic E-state index is 4.57. The van der Waals surface area contributed by atoms with E-state index in [9.17, 15) is 0 Å². The Hall–Kier alpha value is -2.21. The second kappa shape index (κ2) is 4.96. The summed E-state index contributed by atoms with van der Waals surface area (Å²) in [5.74, 6) is 1.56. The van der Waals surface area contributed by atoms with Crippen molar-refractivity contribution in [3.05, 3.63) is 45.9 Å². The Morgan fingerprint density at radius 1 is 1.14 bits per heavy atom. The molecule has 1 aliphatic rings. The van der Waals surface area contributed by atoms with Gasteiger partial charge in [-0.3, -0.25) is 0 Å². The van der Waals surface area contributed by atoms with Gasteiger partial charge < -0.3 is 5.32 Å². The van der Waals surface area contributed by atoms with Gasteiger partial charge in [-0.25, -0.2) is 9.67 Å². The Balaban J connectivity index is 0.00000132. The molecule has 6 heteroatoms. The number of anilines is 1. The predicted octanol–water partition coefficient (Wildman–Crippen LogP) is 3.63. The molecule has 2 aromatic heterocycles. The molecule has 1 aromatic carbocycles. The van der Waals surface area contributed by atoms with Crippen LogP contribution < -0.4 is 5.32 Å². The van der Waals surface area contributed by atoms with Gasteiger partial charge >= 0.3 is 0 Å². The third kappa shape index (κ3) is 2.21. The Morgan fingerprint density at radius 2 is 1.90 bits per heavy atom. The molecule has 5 nitrogen and oxygen atoms in total. The van der Waals surface area contributed by atoms with Crippen LogP contribution in [0.5, 0.6) is 0 Å². The molecule has 0 bridgehead atoms. The molecule has 3 aromatic rings. The number of benzene rings is 1. The molecule has 4 rings (SSSR count). The summed E-state index contributed by atoms with van der Waals surface area (Å²) in [4.78, 5) is 8.99. The van der Waals surface area contributed by atoms with Gasteiger partial charge in [0, 0.05) is 16.6 Å². The second-order valence-electron chi connectivity index (χ2n) is 4.94. The van der Waals surface area contributed by atoms with E-state index in [2.05, 4.69) is 39.4 Å². The Labute approximate surface area is 127 Å². The minimum atomic E-state index is 0. The topological polar surface area (TPSA) is 55.6 Å². The first-order valence-electron chi connectivity index (χ1n) is 6.43. The molecule has 1 atom stereocenters. The monoisotopic (exact) mass is 299 g/mol. The van der Waals surface area contributed by atoms with Crippen LogP contribution in [-0.4, -0.2) is 19.7 Å². The van der Waals surface area contributed by atoms with Crippen LogP contribution in [0.2, 0.25) is 0 Å². The highest BCUT2D eigenvalue weighted by molar-refractivity contribution is 7.09. The van der Waals surface area contributed by atoms with Crippen LogP contribution >= 0.6 is 11.3 Å². The maximum Gasteiger partial charge on any atom is 0.226 e. The normalized spacial score (nSPS) is 15.6. The van der Waals surface area contributed by atoms with E-state index in [1.54, 1.807) is 11.3 Å². The highest BCUT2D eigenvalue weighted by Gasteiger charge is 2.32. The first kappa shape index (κ1) is 13.8. The van der Waals surface area contributed by atoms with Crippen LogP contribution in [0.25, 0.3) is 11.4 Å². The SMILES string of the molecule is C.Cc1ccc(-c2nc3n(n2)C(c2nc(C)cs2)N3)cc1. The van der Waals surface area contributed by atoms with Crippen molar-refractivity contribution < 1.29 is 0 Å². The maximum atomic E-state index is 4.57. The van der Waals surface area contributed by atoms with Gasteiger partial charge in [-0.2, -0.15) is 4.98 Å². The molecule has 0 fully saturated rings. The van der Waals surface area contributed by atoms with Gasteiger partial charge in [-0.15, -0.1) is 16.4 Å². The lowest BCUT2D eigenvalue weighted by Gasteiger charge is -2.26. The van der Waals surface area contributed by atoms with Crippen LogP contribution in [0.1, 0.15) is 29.9 Å². The molecule has 0 saturated carbocycles. The van der Waals surface area contributed by atoms with Crippen molar-refractivity contribution in [1.29, 1.82) is 0 Å². The van der Waals surface area contributed by atoms with Crippen LogP contribution in [0.15, 0.2) is 29.6 Å². The van der Waals surface area contributed by atoms with Gasteiger partial charge in [-0.1, -0.05) is 37.3 Å². The lowest BCUT2D eigenvalue weighted by molar-refractivity contribution is 0.508. The average molecular weight is 299 g/mol. The quantitative estimate of drug-likeness (QED) is 0.785. The molecular weight excluding hydrogens is 282 g/mol. The van der Waals surface area contributed by atoms with Crippen LogP contribution in [-0.2, 0) is 0 Å². The zero-order valence-corrected chi connectivity index (χ0v) is 12.0. The summed E-state index contributed by atoms with van der Waals surface area (Å²) in [6, 6.07) is 8.24. The minimum absolute atomic E-state index is 0. The van der Waals surface area contributed by atoms with Crippen LogP contribution in [0, 0.1) is 13.8 Å². The van der Waals surface area contributed by atoms with Crippen molar-refractivity contribution in [3.63, 3.8) is 0 Å². The van der Waals surface area contributed by atoms with Gasteiger partial charge in [-0.05, 0) is 13.8 Å². The highest BCUT2D eigenvalue weighted by Crippen LogP contribution is 2.34. The zero-order chi connectivity index (χ0) is 13.7. The van der Waals surface area contributed by atoms with E-state index < -0.39 is 0 Å². The lowest BCUT2D eigenvalue weighted by atomic mass is 10.1. The number of hydrogen-bond acceptors (Lipinski definition) is 5. The second-order valence-corrected chi connectivity index (χ2v) is 5.83. The largest absolute Gasteiger partial charge is 0.327 e. The van der Waals surface area contributed by atoms with E-state index in [0.29, 0.717) is 0 Å². The Bertz CT molecular complexity index is 772. The fraction of sp³-hybridized carbons (Fsp3) is 0.267. The molecule has 0 aliphatic carbocycles. The average Bonchev–Trinajstić information content (AvgIpc) is 2.97. The number of nitrogens with zero attached hydrogens (tertiary/aromatic N) is 4. The highest BCUT2D eigenvalue weighted by atomic mass is 32.1. The number of thiazole rings is 1. The molecule has 0 saturated heterocycles. The number of aryl methyl sites for hydroxylation is 2. The molecule has 21 heavy (non-hydrogen) atoms. The summed E-state index contributed by atoms with van der Waals surface area (Å²) in [5.41, 5.74) is 3.31. The molecule has 0 radical (unpaired) electrons. The number of nitrogens with one attached hydrogen (secondary N) is 1. The van der Waals surface area contributed by atoms with Crippen LogP contribution in [0.3, 0.4) is 0 Å². The van der Waals surface area contributed by atoms with Gasteiger partial charge in [0.1, 0.15) is 5.01 Å². The first-order chi connectivity index (χ1) is 9.70. The summed E-state index contributed by atoms with van der Waals surface area (Å²) >= 11 is 1.64. The molecule has 1 N–H and O–H groups in total.